The normalized spacial score (nSPS) is 39.0. The Labute approximate surface area is 101 Å². The van der Waals surface area contributed by atoms with Crippen molar-refractivity contribution in [2.24, 2.45) is 10.9 Å². The minimum absolute atomic E-state index is 0.498. The lowest BCUT2D eigenvalue weighted by molar-refractivity contribution is 0.0766. The van der Waals surface area contributed by atoms with Crippen molar-refractivity contribution in [3.05, 3.63) is 0 Å². The number of rotatable bonds is 1. The molecular formula is C12H20N2OS. The smallest absolute Gasteiger partial charge is 0.157 e. The molecule has 0 aromatic rings. The Balaban J connectivity index is 1.57. The fraction of sp³-hybridized carbons (Fsp3) is 0.917. The van der Waals surface area contributed by atoms with Crippen molar-refractivity contribution in [1.82, 2.24) is 5.32 Å². The van der Waals surface area contributed by atoms with E-state index in [9.17, 15) is 0 Å². The molecule has 1 saturated heterocycles. The van der Waals surface area contributed by atoms with Crippen molar-refractivity contribution in [3.8, 4) is 0 Å². The zero-order chi connectivity index (χ0) is 10.8. The predicted octanol–water partition coefficient (Wildman–Crippen LogP) is 2.03. The molecule has 0 amide bonds. The van der Waals surface area contributed by atoms with Crippen LogP contribution < -0.4 is 5.32 Å². The average molecular weight is 240 g/mol. The van der Waals surface area contributed by atoms with Gasteiger partial charge in [0.2, 0.25) is 0 Å². The molecule has 0 aromatic carbocycles. The summed E-state index contributed by atoms with van der Waals surface area (Å²) in [5.74, 6) is 2.13. The van der Waals surface area contributed by atoms with Crippen LogP contribution in [-0.2, 0) is 4.74 Å². The van der Waals surface area contributed by atoms with E-state index in [1.165, 1.54) is 43.0 Å². The minimum atomic E-state index is 0.498. The van der Waals surface area contributed by atoms with Gasteiger partial charge in [0.15, 0.2) is 5.17 Å². The van der Waals surface area contributed by atoms with Gasteiger partial charge in [0.05, 0.1) is 18.7 Å². The molecule has 0 bridgehead atoms. The summed E-state index contributed by atoms with van der Waals surface area (Å²) in [4.78, 5) is 4.85. The molecule has 4 heteroatoms. The summed E-state index contributed by atoms with van der Waals surface area (Å²) in [6.07, 6.45) is 6.48. The number of hydrogen-bond acceptors (Lipinski definition) is 4. The Hall–Kier alpha value is -0.220. The van der Waals surface area contributed by atoms with Gasteiger partial charge < -0.3 is 10.1 Å². The van der Waals surface area contributed by atoms with Crippen LogP contribution in [0.25, 0.3) is 0 Å². The van der Waals surface area contributed by atoms with Crippen molar-refractivity contribution < 1.29 is 4.74 Å². The third-order valence-corrected chi connectivity index (χ3v) is 4.92. The first-order valence-electron chi connectivity index (χ1n) is 6.47. The molecule has 16 heavy (non-hydrogen) atoms. The molecule has 2 aliphatic heterocycles. The number of nitrogens with one attached hydrogen (secondary N) is 1. The lowest BCUT2D eigenvalue weighted by atomic mass is 10.1. The van der Waals surface area contributed by atoms with Crippen molar-refractivity contribution >= 4 is 16.9 Å². The number of ether oxygens (including phenoxy) is 1. The predicted molar refractivity (Wildman–Crippen MR) is 68.0 cm³/mol. The van der Waals surface area contributed by atoms with E-state index >= 15 is 0 Å². The van der Waals surface area contributed by atoms with Gasteiger partial charge in [-0.1, -0.05) is 18.2 Å². The molecule has 0 aromatic heterocycles. The van der Waals surface area contributed by atoms with Gasteiger partial charge in [0.1, 0.15) is 0 Å². The van der Waals surface area contributed by atoms with Crippen LogP contribution in [-0.4, -0.2) is 36.2 Å². The Kier molecular flexibility index (Phi) is 3.38. The molecule has 0 spiro atoms. The molecule has 90 valence electrons. The Bertz CT molecular complexity index is 276. The summed E-state index contributed by atoms with van der Waals surface area (Å²) in [6, 6.07) is 1.12. The van der Waals surface area contributed by atoms with Gasteiger partial charge >= 0.3 is 0 Å². The maximum Gasteiger partial charge on any atom is 0.157 e. The fourth-order valence-electron chi connectivity index (χ4n) is 2.86. The number of hydrogen-bond donors (Lipinski definition) is 1. The van der Waals surface area contributed by atoms with Gasteiger partial charge in [-0.3, -0.25) is 4.99 Å². The third kappa shape index (κ3) is 2.38. The summed E-state index contributed by atoms with van der Waals surface area (Å²) in [6.45, 7) is 1.79. The van der Waals surface area contributed by atoms with Crippen LogP contribution in [0.5, 0.6) is 0 Å². The molecular weight excluding hydrogens is 220 g/mol. The molecule has 2 fully saturated rings. The maximum absolute atomic E-state index is 5.48. The first kappa shape index (κ1) is 10.9. The van der Waals surface area contributed by atoms with E-state index in [2.05, 4.69) is 5.32 Å². The molecule has 1 saturated carbocycles. The summed E-state index contributed by atoms with van der Waals surface area (Å²) < 4.78 is 5.48. The van der Waals surface area contributed by atoms with Gasteiger partial charge in [0, 0.05) is 12.4 Å². The summed E-state index contributed by atoms with van der Waals surface area (Å²) in [5, 5.41) is 4.74. The Morgan fingerprint density at radius 2 is 2.25 bits per heavy atom. The summed E-state index contributed by atoms with van der Waals surface area (Å²) >= 11 is 1.92. The quantitative estimate of drug-likeness (QED) is 0.761. The SMILES string of the molecule is C1COCC(NC2=NC3CCCC3CS2)C1. The molecule has 1 aliphatic carbocycles. The fourth-order valence-corrected chi connectivity index (χ4v) is 4.08. The van der Waals surface area contributed by atoms with E-state index in [0.29, 0.717) is 12.1 Å². The van der Waals surface area contributed by atoms with Gasteiger partial charge in [-0.15, -0.1) is 0 Å². The van der Waals surface area contributed by atoms with E-state index in [1.807, 2.05) is 11.8 Å². The molecule has 0 radical (unpaired) electrons. The van der Waals surface area contributed by atoms with E-state index in [-0.39, 0.29) is 0 Å². The molecule has 2 heterocycles. The first-order chi connectivity index (χ1) is 7.92. The van der Waals surface area contributed by atoms with Crippen LogP contribution in [0.2, 0.25) is 0 Å². The van der Waals surface area contributed by atoms with E-state index < -0.39 is 0 Å². The number of aliphatic imine (C=N–C) groups is 1. The molecule has 3 unspecified atom stereocenters. The van der Waals surface area contributed by atoms with Crippen LogP contribution in [0, 0.1) is 5.92 Å². The van der Waals surface area contributed by atoms with Crippen molar-refractivity contribution in [3.63, 3.8) is 0 Å². The number of fused-ring (bicyclic) bond motifs is 1. The van der Waals surface area contributed by atoms with E-state index in [1.54, 1.807) is 0 Å². The lowest BCUT2D eigenvalue weighted by Crippen LogP contribution is -2.41. The van der Waals surface area contributed by atoms with Crippen LogP contribution in [0.15, 0.2) is 4.99 Å². The highest BCUT2D eigenvalue weighted by Crippen LogP contribution is 2.35. The van der Waals surface area contributed by atoms with Crippen molar-refractivity contribution in [2.45, 2.75) is 44.2 Å². The zero-order valence-electron chi connectivity index (χ0n) is 9.65. The largest absolute Gasteiger partial charge is 0.379 e. The zero-order valence-corrected chi connectivity index (χ0v) is 10.5. The lowest BCUT2D eigenvalue weighted by Gasteiger charge is -2.28. The van der Waals surface area contributed by atoms with Crippen molar-refractivity contribution in [1.29, 1.82) is 0 Å². The first-order valence-corrected chi connectivity index (χ1v) is 7.45. The van der Waals surface area contributed by atoms with Gasteiger partial charge in [-0.05, 0) is 31.6 Å². The van der Waals surface area contributed by atoms with Gasteiger partial charge in [0.25, 0.3) is 0 Å². The maximum atomic E-state index is 5.48. The summed E-state index contributed by atoms with van der Waals surface area (Å²) in [5.41, 5.74) is 0. The van der Waals surface area contributed by atoms with E-state index in [0.717, 1.165) is 19.1 Å². The van der Waals surface area contributed by atoms with Crippen LogP contribution >= 0.6 is 11.8 Å². The molecule has 3 aliphatic rings. The second-order valence-electron chi connectivity index (χ2n) is 5.06. The van der Waals surface area contributed by atoms with E-state index in [4.69, 9.17) is 9.73 Å². The Morgan fingerprint density at radius 3 is 3.12 bits per heavy atom. The second kappa shape index (κ2) is 4.96. The van der Waals surface area contributed by atoms with Crippen molar-refractivity contribution in [2.75, 3.05) is 19.0 Å². The standard InChI is InChI=1S/C12H20N2OS/c1-3-9-8-16-12(14-11(9)5-1)13-10-4-2-6-15-7-10/h9-11H,1-8H2,(H,13,14). The number of thioether (sulfide) groups is 1. The Morgan fingerprint density at radius 1 is 1.25 bits per heavy atom. The monoisotopic (exact) mass is 240 g/mol. The highest BCUT2D eigenvalue weighted by molar-refractivity contribution is 8.13. The summed E-state index contributed by atoms with van der Waals surface area (Å²) in [7, 11) is 0. The molecule has 3 rings (SSSR count). The van der Waals surface area contributed by atoms with Crippen LogP contribution in [0.3, 0.4) is 0 Å². The van der Waals surface area contributed by atoms with Gasteiger partial charge in [-0.2, -0.15) is 0 Å². The van der Waals surface area contributed by atoms with Crippen LogP contribution in [0.4, 0.5) is 0 Å². The number of amidine groups is 1. The van der Waals surface area contributed by atoms with Crippen LogP contribution in [0.1, 0.15) is 32.1 Å². The molecule has 3 atom stereocenters. The molecule has 1 N–H and O–H groups in total. The highest BCUT2D eigenvalue weighted by Gasteiger charge is 2.31. The van der Waals surface area contributed by atoms with Gasteiger partial charge in [-0.25, -0.2) is 0 Å². The minimum Gasteiger partial charge on any atom is -0.379 e. The molecule has 3 nitrogen and oxygen atoms in total. The number of nitrogens with zero attached hydrogens (tertiary/aromatic N) is 1. The highest BCUT2D eigenvalue weighted by atomic mass is 32.2. The topological polar surface area (TPSA) is 33.6 Å². The third-order valence-electron chi connectivity index (χ3n) is 3.82. The average Bonchev–Trinajstić information content (AvgIpc) is 2.77. The second-order valence-corrected chi connectivity index (χ2v) is 6.07.